The predicted octanol–water partition coefficient (Wildman–Crippen LogP) is 3.12. The predicted molar refractivity (Wildman–Crippen MR) is 133 cm³/mol. The Morgan fingerprint density at radius 2 is 1.85 bits per heavy atom. The van der Waals surface area contributed by atoms with Gasteiger partial charge in [-0.2, -0.15) is 0 Å². The molecule has 0 bridgehead atoms. The summed E-state index contributed by atoms with van der Waals surface area (Å²) in [6.07, 6.45) is 3.39. The first-order valence-electron chi connectivity index (χ1n) is 10.5. The van der Waals surface area contributed by atoms with Crippen LogP contribution in [0.15, 0.2) is 67.0 Å². The molecule has 8 nitrogen and oxygen atoms in total. The SMILES string of the molecule is CN(C)CC(=O)N(C)c1ccc(N/C(=C2\C(=O)Nc3cc(N)ccc32)c2cccnc2)cc1. The van der Waals surface area contributed by atoms with Crippen molar-refractivity contribution in [3.8, 4) is 0 Å². The van der Waals surface area contributed by atoms with E-state index in [1.165, 1.54) is 0 Å². The van der Waals surface area contributed by atoms with Gasteiger partial charge in [0.25, 0.3) is 5.91 Å². The average Bonchev–Trinajstić information content (AvgIpc) is 3.12. The summed E-state index contributed by atoms with van der Waals surface area (Å²) in [5.74, 6) is -0.218. The third kappa shape index (κ3) is 4.70. The number of pyridine rings is 1. The molecule has 0 fully saturated rings. The fraction of sp³-hybridized carbons (Fsp3) is 0.160. The van der Waals surface area contributed by atoms with Crippen LogP contribution in [0.2, 0.25) is 0 Å². The summed E-state index contributed by atoms with van der Waals surface area (Å²) in [7, 11) is 5.47. The fourth-order valence-electron chi connectivity index (χ4n) is 3.66. The number of hydrogen-bond acceptors (Lipinski definition) is 6. The minimum atomic E-state index is -0.215. The minimum absolute atomic E-state index is 0.00242. The lowest BCUT2D eigenvalue weighted by Gasteiger charge is -2.20. The first kappa shape index (κ1) is 22.0. The second-order valence-electron chi connectivity index (χ2n) is 8.11. The Morgan fingerprint density at radius 1 is 1.09 bits per heavy atom. The van der Waals surface area contributed by atoms with Crippen LogP contribution in [-0.4, -0.2) is 49.4 Å². The molecule has 0 saturated heterocycles. The van der Waals surface area contributed by atoms with Gasteiger partial charge in [-0.1, -0.05) is 0 Å². The Hall–Kier alpha value is -4.17. The van der Waals surface area contributed by atoms with E-state index in [1.54, 1.807) is 36.5 Å². The number of nitrogen functional groups attached to an aromatic ring is 1. The van der Waals surface area contributed by atoms with Gasteiger partial charge in [0, 0.05) is 47.6 Å². The summed E-state index contributed by atoms with van der Waals surface area (Å²) in [6.45, 7) is 0.326. The minimum Gasteiger partial charge on any atom is -0.399 e. The molecule has 1 aliphatic rings. The molecule has 4 N–H and O–H groups in total. The molecular formula is C25H26N6O2. The topological polar surface area (TPSA) is 104 Å². The third-order valence-corrected chi connectivity index (χ3v) is 5.34. The largest absolute Gasteiger partial charge is 0.399 e. The number of aromatic nitrogens is 1. The van der Waals surface area contributed by atoms with E-state index in [9.17, 15) is 9.59 Å². The van der Waals surface area contributed by atoms with Gasteiger partial charge in [-0.25, -0.2) is 0 Å². The van der Waals surface area contributed by atoms with Crippen LogP contribution in [-0.2, 0) is 9.59 Å². The summed E-state index contributed by atoms with van der Waals surface area (Å²) in [4.78, 5) is 33.0. The lowest BCUT2D eigenvalue weighted by molar-refractivity contribution is -0.119. The van der Waals surface area contributed by atoms with E-state index >= 15 is 0 Å². The molecule has 1 aliphatic heterocycles. The van der Waals surface area contributed by atoms with Crippen molar-refractivity contribution in [1.29, 1.82) is 0 Å². The molecule has 0 saturated carbocycles. The molecule has 0 aliphatic carbocycles. The van der Waals surface area contributed by atoms with Crippen molar-refractivity contribution in [3.05, 3.63) is 78.1 Å². The normalized spacial score (nSPS) is 14.0. The van der Waals surface area contributed by atoms with Gasteiger partial charge in [-0.05, 0) is 68.7 Å². The maximum atomic E-state index is 12.9. The Kier molecular flexibility index (Phi) is 6.10. The molecule has 0 atom stereocenters. The van der Waals surface area contributed by atoms with Crippen LogP contribution >= 0.6 is 0 Å². The Morgan fingerprint density at radius 3 is 2.52 bits per heavy atom. The van der Waals surface area contributed by atoms with Crippen molar-refractivity contribution >= 4 is 45.8 Å². The van der Waals surface area contributed by atoms with Gasteiger partial charge in [-0.3, -0.25) is 14.6 Å². The quantitative estimate of drug-likeness (QED) is 0.400. The maximum absolute atomic E-state index is 12.9. The molecule has 33 heavy (non-hydrogen) atoms. The van der Waals surface area contributed by atoms with Gasteiger partial charge in [0.1, 0.15) is 0 Å². The number of amides is 2. The number of likely N-dealkylation sites (N-methyl/N-ethyl adjacent to an activating group) is 2. The number of fused-ring (bicyclic) bond motifs is 1. The Labute approximate surface area is 192 Å². The van der Waals surface area contributed by atoms with Gasteiger partial charge < -0.3 is 26.2 Å². The van der Waals surface area contributed by atoms with E-state index in [0.29, 0.717) is 29.2 Å². The van der Waals surface area contributed by atoms with Crippen LogP contribution in [0.5, 0.6) is 0 Å². The molecule has 3 aromatic rings. The highest BCUT2D eigenvalue weighted by Gasteiger charge is 2.28. The molecule has 2 amide bonds. The van der Waals surface area contributed by atoms with Crippen LogP contribution in [0.4, 0.5) is 22.7 Å². The Bertz CT molecular complexity index is 1220. The van der Waals surface area contributed by atoms with E-state index in [0.717, 1.165) is 22.5 Å². The lowest BCUT2D eigenvalue weighted by Crippen LogP contribution is -2.34. The summed E-state index contributed by atoms with van der Waals surface area (Å²) in [5.41, 5.74) is 11.4. The zero-order chi connectivity index (χ0) is 23.5. The van der Waals surface area contributed by atoms with Crippen molar-refractivity contribution in [1.82, 2.24) is 9.88 Å². The average molecular weight is 443 g/mol. The first-order valence-corrected chi connectivity index (χ1v) is 10.5. The van der Waals surface area contributed by atoms with Crippen molar-refractivity contribution in [2.45, 2.75) is 0 Å². The molecular weight excluding hydrogens is 416 g/mol. The van der Waals surface area contributed by atoms with Crippen LogP contribution < -0.4 is 21.3 Å². The number of anilines is 4. The molecule has 0 unspecified atom stereocenters. The summed E-state index contributed by atoms with van der Waals surface area (Å²) in [5, 5.41) is 6.28. The highest BCUT2D eigenvalue weighted by molar-refractivity contribution is 6.37. The van der Waals surface area contributed by atoms with Crippen LogP contribution in [0.25, 0.3) is 11.3 Å². The summed E-state index contributed by atoms with van der Waals surface area (Å²) < 4.78 is 0. The van der Waals surface area contributed by atoms with Gasteiger partial charge in [-0.15, -0.1) is 0 Å². The number of nitrogens with zero attached hydrogens (tertiary/aromatic N) is 3. The number of hydrogen-bond donors (Lipinski definition) is 3. The second kappa shape index (κ2) is 9.13. The van der Waals surface area contributed by atoms with Crippen LogP contribution in [0, 0.1) is 0 Å². The van der Waals surface area contributed by atoms with E-state index < -0.39 is 0 Å². The zero-order valence-electron chi connectivity index (χ0n) is 18.8. The molecule has 0 radical (unpaired) electrons. The number of nitrogens with one attached hydrogen (secondary N) is 2. The lowest BCUT2D eigenvalue weighted by atomic mass is 10.0. The zero-order valence-corrected chi connectivity index (χ0v) is 18.8. The molecule has 8 heteroatoms. The van der Waals surface area contributed by atoms with E-state index in [1.807, 2.05) is 61.5 Å². The molecule has 1 aromatic heterocycles. The second-order valence-corrected chi connectivity index (χ2v) is 8.11. The molecule has 0 spiro atoms. The first-order chi connectivity index (χ1) is 15.8. The molecule has 2 aromatic carbocycles. The number of rotatable bonds is 6. The van der Waals surface area contributed by atoms with Crippen LogP contribution in [0.1, 0.15) is 11.1 Å². The van der Waals surface area contributed by atoms with Crippen LogP contribution in [0.3, 0.4) is 0 Å². The fourth-order valence-corrected chi connectivity index (χ4v) is 3.66. The standard InChI is InChI=1S/C25H26N6O2/c1-30(2)15-22(32)31(3)19-9-7-18(8-10-19)28-24(16-5-4-12-27-14-16)23-20-11-6-17(26)13-21(20)29-25(23)33/h4-14,28H,15,26H2,1-3H3,(H,29,33)/b24-23-. The van der Waals surface area contributed by atoms with Crippen molar-refractivity contribution in [3.63, 3.8) is 0 Å². The van der Waals surface area contributed by atoms with Gasteiger partial charge in [0.15, 0.2) is 0 Å². The number of benzene rings is 2. The molecule has 4 rings (SSSR count). The molecule has 2 heterocycles. The Balaban J connectivity index is 1.70. The van der Waals surface area contributed by atoms with Crippen molar-refractivity contribution in [2.75, 3.05) is 49.0 Å². The van der Waals surface area contributed by atoms with Crippen molar-refractivity contribution in [2.24, 2.45) is 0 Å². The summed E-state index contributed by atoms with van der Waals surface area (Å²) >= 11 is 0. The number of carbonyl (C=O) groups is 2. The maximum Gasteiger partial charge on any atom is 0.258 e. The third-order valence-electron chi connectivity index (χ3n) is 5.34. The number of carbonyl (C=O) groups excluding carboxylic acids is 2. The molecule has 168 valence electrons. The summed E-state index contributed by atoms with van der Waals surface area (Å²) in [6, 6.07) is 16.6. The van der Waals surface area contributed by atoms with E-state index in [2.05, 4.69) is 15.6 Å². The van der Waals surface area contributed by atoms with E-state index in [-0.39, 0.29) is 11.8 Å². The smallest absolute Gasteiger partial charge is 0.258 e. The van der Waals surface area contributed by atoms with Gasteiger partial charge in [0.05, 0.1) is 23.5 Å². The monoisotopic (exact) mass is 442 g/mol. The highest BCUT2D eigenvalue weighted by atomic mass is 16.2. The van der Waals surface area contributed by atoms with Crippen molar-refractivity contribution < 1.29 is 9.59 Å². The van der Waals surface area contributed by atoms with Gasteiger partial charge in [0.2, 0.25) is 5.91 Å². The highest BCUT2D eigenvalue weighted by Crippen LogP contribution is 2.38. The van der Waals surface area contributed by atoms with Gasteiger partial charge >= 0.3 is 0 Å². The number of nitrogens with two attached hydrogens (primary N) is 1. The van der Waals surface area contributed by atoms with E-state index in [4.69, 9.17) is 5.73 Å².